The van der Waals surface area contributed by atoms with Crippen molar-refractivity contribution in [1.82, 2.24) is 9.38 Å². The molecule has 0 amide bonds. The van der Waals surface area contributed by atoms with E-state index in [-0.39, 0.29) is 24.0 Å². The standard InChI is InChI=1S/C14H10Cl2N2.HI/c1-9-3-2-4-14-17-13(8-18(9)14)11-6-5-10(15)7-12(11)16;/h2-8H,1H3;1H/p-1. The number of aromatic nitrogens is 2. The van der Waals surface area contributed by atoms with Crippen LogP contribution in [-0.2, 0) is 0 Å². The zero-order valence-electron chi connectivity index (χ0n) is 10.1. The van der Waals surface area contributed by atoms with Crippen LogP contribution in [0.5, 0.6) is 0 Å². The van der Waals surface area contributed by atoms with Crippen molar-refractivity contribution in [1.29, 1.82) is 0 Å². The van der Waals surface area contributed by atoms with Crippen LogP contribution in [0.1, 0.15) is 5.69 Å². The van der Waals surface area contributed by atoms with Crippen LogP contribution in [0.2, 0.25) is 10.0 Å². The lowest BCUT2D eigenvalue weighted by Crippen LogP contribution is -3.00. The number of imidazole rings is 1. The molecule has 2 aromatic heterocycles. The number of hydrogen-bond acceptors (Lipinski definition) is 1. The largest absolute Gasteiger partial charge is 1.00 e. The molecule has 0 saturated heterocycles. The van der Waals surface area contributed by atoms with Crippen molar-refractivity contribution in [3.8, 4) is 11.3 Å². The van der Waals surface area contributed by atoms with Gasteiger partial charge in [0, 0.05) is 22.5 Å². The zero-order chi connectivity index (χ0) is 12.7. The molecular weight excluding hydrogens is 394 g/mol. The van der Waals surface area contributed by atoms with Crippen LogP contribution in [0.3, 0.4) is 0 Å². The number of pyridine rings is 1. The molecular formula is C14H10Cl2IN2-. The third-order valence-corrected chi connectivity index (χ3v) is 3.45. The first-order valence-electron chi connectivity index (χ1n) is 5.55. The number of hydrogen-bond donors (Lipinski definition) is 0. The van der Waals surface area contributed by atoms with E-state index in [1.54, 1.807) is 6.07 Å². The molecule has 0 radical (unpaired) electrons. The molecule has 3 aromatic rings. The van der Waals surface area contributed by atoms with E-state index in [4.69, 9.17) is 23.2 Å². The van der Waals surface area contributed by atoms with Gasteiger partial charge in [-0.1, -0.05) is 29.3 Å². The fraction of sp³-hybridized carbons (Fsp3) is 0.0714. The molecule has 5 heteroatoms. The Morgan fingerprint density at radius 3 is 2.58 bits per heavy atom. The minimum absolute atomic E-state index is 0. The SMILES string of the molecule is Cc1cccc2nc(-c3ccc(Cl)cc3Cl)cn12.[I-]. The van der Waals surface area contributed by atoms with Crippen molar-refractivity contribution >= 4 is 28.8 Å². The first-order valence-corrected chi connectivity index (χ1v) is 6.31. The van der Waals surface area contributed by atoms with Gasteiger partial charge in [-0.2, -0.15) is 0 Å². The fourth-order valence-corrected chi connectivity index (χ4v) is 2.48. The lowest BCUT2D eigenvalue weighted by molar-refractivity contribution is -0.00000356. The molecule has 2 heterocycles. The highest BCUT2D eigenvalue weighted by atomic mass is 127. The highest BCUT2D eigenvalue weighted by molar-refractivity contribution is 6.36. The van der Waals surface area contributed by atoms with E-state index >= 15 is 0 Å². The summed E-state index contributed by atoms with van der Waals surface area (Å²) in [6.45, 7) is 2.04. The highest BCUT2D eigenvalue weighted by Gasteiger charge is 2.09. The molecule has 98 valence electrons. The second-order valence-electron chi connectivity index (χ2n) is 4.15. The van der Waals surface area contributed by atoms with Gasteiger partial charge in [-0.3, -0.25) is 0 Å². The van der Waals surface area contributed by atoms with Crippen molar-refractivity contribution in [2.75, 3.05) is 0 Å². The second kappa shape index (κ2) is 5.69. The Labute approximate surface area is 138 Å². The fourth-order valence-electron chi connectivity index (χ4n) is 1.98. The minimum Gasteiger partial charge on any atom is -1.00 e. The van der Waals surface area contributed by atoms with E-state index in [1.807, 2.05) is 47.9 Å². The van der Waals surface area contributed by atoms with Crippen molar-refractivity contribution < 1.29 is 24.0 Å². The summed E-state index contributed by atoms with van der Waals surface area (Å²) in [5, 5.41) is 1.24. The Morgan fingerprint density at radius 1 is 1.11 bits per heavy atom. The summed E-state index contributed by atoms with van der Waals surface area (Å²) in [6.07, 6.45) is 1.99. The van der Waals surface area contributed by atoms with Crippen molar-refractivity contribution in [2.24, 2.45) is 0 Å². The molecule has 0 aliphatic heterocycles. The molecule has 2 nitrogen and oxygen atoms in total. The summed E-state index contributed by atoms with van der Waals surface area (Å²) in [6, 6.07) is 11.4. The van der Waals surface area contributed by atoms with Gasteiger partial charge in [-0.15, -0.1) is 0 Å². The van der Waals surface area contributed by atoms with Crippen LogP contribution in [0.25, 0.3) is 16.9 Å². The minimum atomic E-state index is 0. The van der Waals surface area contributed by atoms with E-state index in [2.05, 4.69) is 4.98 Å². The Bertz CT molecular complexity index is 737. The van der Waals surface area contributed by atoms with Gasteiger partial charge in [0.25, 0.3) is 0 Å². The highest BCUT2D eigenvalue weighted by Crippen LogP contribution is 2.30. The van der Waals surface area contributed by atoms with Gasteiger partial charge in [0.15, 0.2) is 0 Å². The third kappa shape index (κ3) is 2.73. The molecule has 0 atom stereocenters. The molecule has 0 aliphatic rings. The molecule has 3 rings (SSSR count). The molecule has 0 N–H and O–H groups in total. The Morgan fingerprint density at radius 2 is 1.89 bits per heavy atom. The Balaban J connectivity index is 0.00000133. The summed E-state index contributed by atoms with van der Waals surface area (Å²) in [5.41, 5.74) is 3.79. The maximum absolute atomic E-state index is 6.20. The van der Waals surface area contributed by atoms with Crippen LogP contribution >= 0.6 is 23.2 Å². The van der Waals surface area contributed by atoms with Crippen molar-refractivity contribution in [3.05, 3.63) is 58.3 Å². The van der Waals surface area contributed by atoms with E-state index in [0.717, 1.165) is 22.6 Å². The maximum atomic E-state index is 6.20. The number of rotatable bonds is 1. The lowest BCUT2D eigenvalue weighted by atomic mass is 10.2. The van der Waals surface area contributed by atoms with Gasteiger partial charge in [0.1, 0.15) is 5.65 Å². The van der Waals surface area contributed by atoms with Gasteiger partial charge in [0.2, 0.25) is 0 Å². The smallest absolute Gasteiger partial charge is 0.137 e. The number of fused-ring (bicyclic) bond motifs is 1. The maximum Gasteiger partial charge on any atom is 0.137 e. The molecule has 19 heavy (non-hydrogen) atoms. The average molecular weight is 404 g/mol. The molecule has 0 spiro atoms. The Kier molecular flexibility index (Phi) is 4.38. The van der Waals surface area contributed by atoms with E-state index in [0.29, 0.717) is 10.0 Å². The van der Waals surface area contributed by atoms with Gasteiger partial charge in [-0.25, -0.2) is 4.98 Å². The zero-order valence-corrected chi connectivity index (χ0v) is 13.7. The first-order chi connectivity index (χ1) is 8.65. The Hall–Kier alpha value is -0.780. The quantitative estimate of drug-likeness (QED) is 0.564. The molecule has 0 saturated carbocycles. The van der Waals surface area contributed by atoms with E-state index in [1.165, 1.54) is 0 Å². The van der Waals surface area contributed by atoms with Crippen LogP contribution in [0.15, 0.2) is 42.6 Å². The average Bonchev–Trinajstić information content (AvgIpc) is 2.74. The molecule has 1 aromatic carbocycles. The monoisotopic (exact) mass is 403 g/mol. The molecule has 0 unspecified atom stereocenters. The molecule has 0 bridgehead atoms. The lowest BCUT2D eigenvalue weighted by Gasteiger charge is -2.00. The van der Waals surface area contributed by atoms with Crippen LogP contribution in [0.4, 0.5) is 0 Å². The number of nitrogens with zero attached hydrogens (tertiary/aromatic N) is 2. The predicted octanol–water partition coefficient (Wildman–Crippen LogP) is 1.62. The van der Waals surface area contributed by atoms with Gasteiger partial charge in [0.05, 0.1) is 10.7 Å². The van der Waals surface area contributed by atoms with Crippen molar-refractivity contribution in [2.45, 2.75) is 6.92 Å². The van der Waals surface area contributed by atoms with Crippen molar-refractivity contribution in [3.63, 3.8) is 0 Å². The third-order valence-electron chi connectivity index (χ3n) is 2.90. The predicted molar refractivity (Wildman–Crippen MR) is 75.4 cm³/mol. The van der Waals surface area contributed by atoms with E-state index < -0.39 is 0 Å². The summed E-state index contributed by atoms with van der Waals surface area (Å²) in [7, 11) is 0. The molecule has 0 aliphatic carbocycles. The summed E-state index contributed by atoms with van der Waals surface area (Å²) in [4.78, 5) is 4.57. The normalized spacial score (nSPS) is 10.5. The van der Waals surface area contributed by atoms with Crippen LogP contribution in [0, 0.1) is 6.92 Å². The van der Waals surface area contributed by atoms with E-state index in [9.17, 15) is 0 Å². The number of benzene rings is 1. The molecule has 0 fully saturated rings. The van der Waals surface area contributed by atoms with Gasteiger partial charge < -0.3 is 28.4 Å². The van der Waals surface area contributed by atoms with Gasteiger partial charge in [-0.05, 0) is 37.3 Å². The summed E-state index contributed by atoms with van der Waals surface area (Å²) < 4.78 is 2.04. The number of aryl methyl sites for hydroxylation is 1. The van der Waals surface area contributed by atoms with Gasteiger partial charge >= 0.3 is 0 Å². The summed E-state index contributed by atoms with van der Waals surface area (Å²) >= 11 is 12.1. The topological polar surface area (TPSA) is 17.3 Å². The van der Waals surface area contributed by atoms with Crippen LogP contribution < -0.4 is 24.0 Å². The first kappa shape index (κ1) is 14.6. The summed E-state index contributed by atoms with van der Waals surface area (Å²) in [5.74, 6) is 0. The second-order valence-corrected chi connectivity index (χ2v) is 4.99. The van der Waals surface area contributed by atoms with Crippen LogP contribution in [-0.4, -0.2) is 9.38 Å². The number of halogens is 3.